The maximum Gasteiger partial charge on any atom is 0.257 e. The Balaban J connectivity index is 1.66. The topological polar surface area (TPSA) is 57.7 Å². The second-order valence-corrected chi connectivity index (χ2v) is 7.42. The molecule has 1 aliphatic carbocycles. The number of hydrogen-bond acceptors (Lipinski definition) is 3. The first-order valence-electron chi connectivity index (χ1n) is 9.66. The number of imide groups is 1. The van der Waals surface area contributed by atoms with Gasteiger partial charge < -0.3 is 4.90 Å². The van der Waals surface area contributed by atoms with Crippen LogP contribution in [0.15, 0.2) is 48.5 Å². The second kappa shape index (κ2) is 7.73. The standard InChI is InChI=1S/C22H20F2N2O3/c23-15-7-5-14(6-8-15)21(28)25(17-3-1-2-4-17)19-13-20(27)26(22(19)29)18-11-9-16(24)10-12-18/h5-12,17,19H,1-4,13H2. The molecule has 0 aromatic heterocycles. The third-order valence-electron chi connectivity index (χ3n) is 5.59. The van der Waals surface area contributed by atoms with Gasteiger partial charge in [0.05, 0.1) is 12.1 Å². The summed E-state index contributed by atoms with van der Waals surface area (Å²) in [5.41, 5.74) is 0.559. The van der Waals surface area contributed by atoms with Crippen molar-refractivity contribution in [3.05, 3.63) is 65.7 Å². The number of hydrogen-bond donors (Lipinski definition) is 0. The van der Waals surface area contributed by atoms with E-state index in [2.05, 4.69) is 0 Å². The van der Waals surface area contributed by atoms with Crippen LogP contribution < -0.4 is 4.90 Å². The first-order valence-corrected chi connectivity index (χ1v) is 9.66. The summed E-state index contributed by atoms with van der Waals surface area (Å²) >= 11 is 0. The van der Waals surface area contributed by atoms with Gasteiger partial charge in [-0.2, -0.15) is 0 Å². The van der Waals surface area contributed by atoms with Crippen molar-refractivity contribution in [1.82, 2.24) is 4.90 Å². The zero-order valence-electron chi connectivity index (χ0n) is 15.7. The van der Waals surface area contributed by atoms with Crippen LogP contribution in [0.3, 0.4) is 0 Å². The Hall–Kier alpha value is -3.09. The van der Waals surface area contributed by atoms with Crippen molar-refractivity contribution in [3.8, 4) is 0 Å². The van der Waals surface area contributed by atoms with E-state index in [0.29, 0.717) is 0 Å². The van der Waals surface area contributed by atoms with Crippen molar-refractivity contribution in [2.24, 2.45) is 0 Å². The van der Waals surface area contributed by atoms with Gasteiger partial charge in [0.2, 0.25) is 5.91 Å². The first kappa shape index (κ1) is 19.2. The number of nitrogens with zero attached hydrogens (tertiary/aromatic N) is 2. The summed E-state index contributed by atoms with van der Waals surface area (Å²) in [6.07, 6.45) is 3.26. The molecule has 7 heteroatoms. The lowest BCUT2D eigenvalue weighted by Gasteiger charge is -2.33. The normalized spacial score (nSPS) is 19.8. The summed E-state index contributed by atoms with van der Waals surface area (Å²) in [6, 6.07) is 9.21. The quantitative estimate of drug-likeness (QED) is 0.739. The monoisotopic (exact) mass is 398 g/mol. The molecular formula is C22H20F2N2O3. The summed E-state index contributed by atoms with van der Waals surface area (Å²) in [7, 11) is 0. The van der Waals surface area contributed by atoms with Crippen LogP contribution >= 0.6 is 0 Å². The van der Waals surface area contributed by atoms with Crippen LogP contribution in [0.2, 0.25) is 0 Å². The van der Waals surface area contributed by atoms with Crippen molar-refractivity contribution in [1.29, 1.82) is 0 Å². The second-order valence-electron chi connectivity index (χ2n) is 7.42. The van der Waals surface area contributed by atoms with E-state index < -0.39 is 29.5 Å². The van der Waals surface area contributed by atoms with Crippen molar-refractivity contribution in [2.45, 2.75) is 44.2 Å². The maximum atomic E-state index is 13.3. The van der Waals surface area contributed by atoms with Gasteiger partial charge in [0.1, 0.15) is 17.7 Å². The van der Waals surface area contributed by atoms with Crippen LogP contribution in [0.4, 0.5) is 14.5 Å². The van der Waals surface area contributed by atoms with Crippen molar-refractivity contribution in [3.63, 3.8) is 0 Å². The molecule has 29 heavy (non-hydrogen) atoms. The molecular weight excluding hydrogens is 378 g/mol. The van der Waals surface area contributed by atoms with Crippen LogP contribution in [0.1, 0.15) is 42.5 Å². The number of amides is 3. The Morgan fingerprint density at radius 2 is 1.45 bits per heavy atom. The Morgan fingerprint density at radius 1 is 0.897 bits per heavy atom. The summed E-state index contributed by atoms with van der Waals surface area (Å²) in [4.78, 5) is 41.5. The van der Waals surface area contributed by atoms with Gasteiger partial charge in [0.15, 0.2) is 0 Å². The first-order chi connectivity index (χ1) is 14.0. The molecule has 2 aromatic carbocycles. The Kier molecular flexibility index (Phi) is 5.13. The number of benzene rings is 2. The van der Waals surface area contributed by atoms with E-state index in [1.54, 1.807) is 0 Å². The van der Waals surface area contributed by atoms with Gasteiger partial charge in [-0.05, 0) is 61.4 Å². The van der Waals surface area contributed by atoms with Crippen LogP contribution in [-0.4, -0.2) is 34.7 Å². The fourth-order valence-corrected chi connectivity index (χ4v) is 4.18. The van der Waals surface area contributed by atoms with Crippen LogP contribution in [0.5, 0.6) is 0 Å². The van der Waals surface area contributed by atoms with Gasteiger partial charge >= 0.3 is 0 Å². The molecule has 1 heterocycles. The van der Waals surface area contributed by atoms with Crippen molar-refractivity contribution < 1.29 is 23.2 Å². The third-order valence-corrected chi connectivity index (χ3v) is 5.59. The molecule has 4 rings (SSSR count). The minimum Gasteiger partial charge on any atom is -0.323 e. The van der Waals surface area contributed by atoms with Crippen LogP contribution in [-0.2, 0) is 9.59 Å². The van der Waals surface area contributed by atoms with Gasteiger partial charge in [0, 0.05) is 11.6 Å². The average Bonchev–Trinajstić information content (AvgIpc) is 3.33. The zero-order chi connectivity index (χ0) is 20.5. The van der Waals surface area contributed by atoms with Gasteiger partial charge in [-0.25, -0.2) is 13.7 Å². The molecule has 1 saturated heterocycles. The van der Waals surface area contributed by atoms with Gasteiger partial charge in [0.25, 0.3) is 11.8 Å². The van der Waals surface area contributed by atoms with Gasteiger partial charge in [-0.3, -0.25) is 14.4 Å². The number of carbonyl (C=O) groups excluding carboxylic acids is 3. The SMILES string of the molecule is O=C1CC(N(C(=O)c2ccc(F)cc2)C2CCCC2)C(=O)N1c1ccc(F)cc1. The highest BCUT2D eigenvalue weighted by Crippen LogP contribution is 2.32. The van der Waals surface area contributed by atoms with E-state index in [-0.39, 0.29) is 29.6 Å². The van der Waals surface area contributed by atoms with Crippen molar-refractivity contribution >= 4 is 23.4 Å². The van der Waals surface area contributed by atoms with E-state index in [0.717, 1.165) is 30.6 Å². The van der Waals surface area contributed by atoms with Crippen LogP contribution in [0, 0.1) is 11.6 Å². The molecule has 150 valence electrons. The molecule has 5 nitrogen and oxygen atoms in total. The highest BCUT2D eigenvalue weighted by molar-refractivity contribution is 6.23. The molecule has 2 aliphatic rings. The van der Waals surface area contributed by atoms with Gasteiger partial charge in [-0.1, -0.05) is 12.8 Å². The van der Waals surface area contributed by atoms with Crippen LogP contribution in [0.25, 0.3) is 0 Å². The molecule has 2 fully saturated rings. The van der Waals surface area contributed by atoms with E-state index in [1.165, 1.54) is 53.4 Å². The predicted octanol–water partition coefficient (Wildman–Crippen LogP) is 3.68. The minimum atomic E-state index is -0.923. The zero-order valence-corrected chi connectivity index (χ0v) is 15.7. The molecule has 1 atom stereocenters. The highest BCUT2D eigenvalue weighted by Gasteiger charge is 2.47. The van der Waals surface area contributed by atoms with E-state index in [1.807, 2.05) is 0 Å². The third kappa shape index (κ3) is 3.64. The Bertz CT molecular complexity index is 938. The summed E-state index contributed by atoms with van der Waals surface area (Å²) < 4.78 is 26.5. The molecule has 3 amide bonds. The molecule has 0 radical (unpaired) electrons. The molecule has 0 spiro atoms. The average molecular weight is 398 g/mol. The molecule has 1 unspecified atom stereocenters. The van der Waals surface area contributed by atoms with Crippen molar-refractivity contribution in [2.75, 3.05) is 4.90 Å². The fraction of sp³-hybridized carbons (Fsp3) is 0.318. The van der Waals surface area contributed by atoms with Gasteiger partial charge in [-0.15, -0.1) is 0 Å². The largest absolute Gasteiger partial charge is 0.323 e. The summed E-state index contributed by atoms with van der Waals surface area (Å²) in [5.74, 6) is -2.23. The maximum absolute atomic E-state index is 13.3. The smallest absolute Gasteiger partial charge is 0.257 e. The number of carbonyl (C=O) groups is 3. The Morgan fingerprint density at radius 3 is 2.03 bits per heavy atom. The van der Waals surface area contributed by atoms with E-state index in [9.17, 15) is 23.2 Å². The number of halogens is 2. The van der Waals surface area contributed by atoms with E-state index in [4.69, 9.17) is 0 Å². The molecule has 0 bridgehead atoms. The molecule has 1 saturated carbocycles. The molecule has 1 aliphatic heterocycles. The summed E-state index contributed by atoms with van der Waals surface area (Å²) in [6.45, 7) is 0. The lowest BCUT2D eigenvalue weighted by Crippen LogP contribution is -2.50. The highest BCUT2D eigenvalue weighted by atomic mass is 19.1. The molecule has 0 N–H and O–H groups in total. The lowest BCUT2D eigenvalue weighted by atomic mass is 10.1. The minimum absolute atomic E-state index is 0.125. The Labute approximate surface area is 166 Å². The predicted molar refractivity (Wildman–Crippen MR) is 102 cm³/mol. The molecule has 2 aromatic rings. The summed E-state index contributed by atoms with van der Waals surface area (Å²) in [5, 5.41) is 0. The van der Waals surface area contributed by atoms with E-state index >= 15 is 0 Å². The number of rotatable bonds is 4. The fourth-order valence-electron chi connectivity index (χ4n) is 4.18. The number of anilines is 1. The lowest BCUT2D eigenvalue weighted by molar-refractivity contribution is -0.123.